The summed E-state index contributed by atoms with van der Waals surface area (Å²) in [5.74, 6) is 0.214. The highest BCUT2D eigenvalue weighted by atomic mass is 16.5. The van der Waals surface area contributed by atoms with Crippen LogP contribution in [0.4, 0.5) is 5.82 Å². The largest absolute Gasteiger partial charge is 0.378 e. The smallest absolute Gasteiger partial charge is 0.250 e. The normalized spacial score (nSPS) is 14.9. The minimum absolute atomic E-state index is 0.106. The van der Waals surface area contributed by atoms with Gasteiger partial charge in [0.2, 0.25) is 11.8 Å². The second kappa shape index (κ2) is 6.85. The van der Waals surface area contributed by atoms with Gasteiger partial charge in [-0.25, -0.2) is 4.98 Å². The average molecular weight is 278 g/mol. The van der Waals surface area contributed by atoms with E-state index in [1.54, 1.807) is 17.0 Å². The number of rotatable bonds is 5. The number of nitrogens with zero attached hydrogens (tertiary/aromatic N) is 2. The Hall–Kier alpha value is -2.15. The van der Waals surface area contributed by atoms with Crippen molar-refractivity contribution in [1.82, 2.24) is 9.88 Å². The van der Waals surface area contributed by atoms with Gasteiger partial charge >= 0.3 is 0 Å². The van der Waals surface area contributed by atoms with Crippen LogP contribution in [-0.2, 0) is 9.53 Å². The quantitative estimate of drug-likeness (QED) is 0.780. The van der Waals surface area contributed by atoms with Crippen molar-refractivity contribution in [2.24, 2.45) is 5.73 Å². The molecule has 1 aliphatic heterocycles. The van der Waals surface area contributed by atoms with Gasteiger partial charge in [-0.15, -0.1) is 0 Å². The third-order valence-electron chi connectivity index (χ3n) is 3.06. The first kappa shape index (κ1) is 14.3. The van der Waals surface area contributed by atoms with Crippen molar-refractivity contribution < 1.29 is 14.3 Å². The number of nitrogens with two attached hydrogens (primary N) is 1. The van der Waals surface area contributed by atoms with E-state index in [-0.39, 0.29) is 5.91 Å². The van der Waals surface area contributed by atoms with Crippen LogP contribution in [0, 0.1) is 0 Å². The van der Waals surface area contributed by atoms with Crippen LogP contribution in [0.1, 0.15) is 16.8 Å². The van der Waals surface area contributed by atoms with Crippen molar-refractivity contribution in [3.05, 3.63) is 23.9 Å². The molecular formula is C13H18N4O3. The van der Waals surface area contributed by atoms with Crippen molar-refractivity contribution in [3.63, 3.8) is 0 Å². The van der Waals surface area contributed by atoms with Gasteiger partial charge < -0.3 is 20.7 Å². The monoisotopic (exact) mass is 278 g/mol. The molecule has 0 radical (unpaired) electrons. The van der Waals surface area contributed by atoms with Gasteiger partial charge in [0.05, 0.1) is 18.8 Å². The van der Waals surface area contributed by atoms with Crippen molar-refractivity contribution in [3.8, 4) is 0 Å². The second-order valence-electron chi connectivity index (χ2n) is 4.47. The standard InChI is InChI=1S/C13H18N4O3/c14-13(19)10-1-2-11(16-9-10)15-4-3-12(18)17-5-7-20-8-6-17/h1-2,9H,3-8H2,(H2,14,19)(H,15,16). The molecule has 0 aromatic carbocycles. The summed E-state index contributed by atoms with van der Waals surface area (Å²) < 4.78 is 5.20. The average Bonchev–Trinajstić information content (AvgIpc) is 2.48. The lowest BCUT2D eigenvalue weighted by Crippen LogP contribution is -2.41. The minimum Gasteiger partial charge on any atom is -0.378 e. The molecule has 1 aliphatic rings. The van der Waals surface area contributed by atoms with Gasteiger partial charge in [0, 0.05) is 32.3 Å². The lowest BCUT2D eigenvalue weighted by atomic mass is 10.2. The van der Waals surface area contributed by atoms with E-state index in [4.69, 9.17) is 10.5 Å². The zero-order valence-corrected chi connectivity index (χ0v) is 11.2. The zero-order valence-electron chi connectivity index (χ0n) is 11.2. The van der Waals surface area contributed by atoms with Crippen molar-refractivity contribution in [1.29, 1.82) is 0 Å². The number of pyridine rings is 1. The van der Waals surface area contributed by atoms with Crippen molar-refractivity contribution in [2.45, 2.75) is 6.42 Å². The number of carbonyl (C=O) groups excluding carboxylic acids is 2. The first-order chi connectivity index (χ1) is 9.66. The van der Waals surface area contributed by atoms with E-state index >= 15 is 0 Å². The van der Waals surface area contributed by atoms with E-state index in [0.29, 0.717) is 50.7 Å². The maximum atomic E-state index is 11.9. The number of morpholine rings is 1. The van der Waals surface area contributed by atoms with Crippen LogP contribution in [0.15, 0.2) is 18.3 Å². The fraction of sp³-hybridized carbons (Fsp3) is 0.462. The fourth-order valence-electron chi connectivity index (χ4n) is 1.91. The number of aromatic nitrogens is 1. The Morgan fingerprint density at radius 3 is 2.70 bits per heavy atom. The van der Waals surface area contributed by atoms with Crippen LogP contribution >= 0.6 is 0 Å². The lowest BCUT2D eigenvalue weighted by Gasteiger charge is -2.26. The van der Waals surface area contributed by atoms with Gasteiger partial charge in [-0.05, 0) is 12.1 Å². The van der Waals surface area contributed by atoms with Crippen LogP contribution in [-0.4, -0.2) is 54.5 Å². The Morgan fingerprint density at radius 2 is 2.10 bits per heavy atom. The summed E-state index contributed by atoms with van der Waals surface area (Å²) in [7, 11) is 0. The van der Waals surface area contributed by atoms with Gasteiger partial charge in [-0.3, -0.25) is 9.59 Å². The molecule has 0 spiro atoms. The van der Waals surface area contributed by atoms with Gasteiger partial charge in [0.15, 0.2) is 0 Å². The molecule has 108 valence electrons. The number of anilines is 1. The Balaban J connectivity index is 1.74. The second-order valence-corrected chi connectivity index (χ2v) is 4.47. The molecular weight excluding hydrogens is 260 g/mol. The first-order valence-corrected chi connectivity index (χ1v) is 6.52. The molecule has 1 saturated heterocycles. The van der Waals surface area contributed by atoms with Crippen molar-refractivity contribution in [2.75, 3.05) is 38.2 Å². The number of amides is 2. The van der Waals surface area contributed by atoms with Crippen LogP contribution in [0.5, 0.6) is 0 Å². The van der Waals surface area contributed by atoms with Gasteiger partial charge in [-0.1, -0.05) is 0 Å². The maximum absolute atomic E-state index is 11.9. The Kier molecular flexibility index (Phi) is 4.89. The molecule has 7 nitrogen and oxygen atoms in total. The number of ether oxygens (including phenoxy) is 1. The van der Waals surface area contributed by atoms with Gasteiger partial charge in [0.1, 0.15) is 5.82 Å². The Bertz CT molecular complexity index is 469. The maximum Gasteiger partial charge on any atom is 0.250 e. The van der Waals surface area contributed by atoms with E-state index in [1.807, 2.05) is 0 Å². The highest BCUT2D eigenvalue weighted by Crippen LogP contribution is 2.05. The predicted molar refractivity (Wildman–Crippen MR) is 73.3 cm³/mol. The minimum atomic E-state index is -0.508. The molecule has 7 heteroatoms. The highest BCUT2D eigenvalue weighted by Gasteiger charge is 2.15. The van der Waals surface area contributed by atoms with E-state index in [9.17, 15) is 9.59 Å². The van der Waals surface area contributed by atoms with E-state index in [0.717, 1.165) is 0 Å². The summed E-state index contributed by atoms with van der Waals surface area (Å²) in [6, 6.07) is 3.26. The topological polar surface area (TPSA) is 97.5 Å². The molecule has 1 aromatic heterocycles. The first-order valence-electron chi connectivity index (χ1n) is 6.52. The summed E-state index contributed by atoms with van der Waals surface area (Å²) in [6.07, 6.45) is 1.81. The molecule has 0 saturated carbocycles. The van der Waals surface area contributed by atoms with Crippen molar-refractivity contribution >= 4 is 17.6 Å². The number of nitrogens with one attached hydrogen (secondary N) is 1. The number of primary amides is 1. The molecule has 1 aromatic rings. The summed E-state index contributed by atoms with van der Waals surface area (Å²) in [5.41, 5.74) is 5.49. The molecule has 20 heavy (non-hydrogen) atoms. The molecule has 0 atom stereocenters. The van der Waals surface area contributed by atoms with Crippen LogP contribution in [0.3, 0.4) is 0 Å². The molecule has 2 rings (SSSR count). The number of hydrogen-bond donors (Lipinski definition) is 2. The predicted octanol–water partition coefficient (Wildman–Crippen LogP) is -0.159. The van der Waals surface area contributed by atoms with Gasteiger partial charge in [0.25, 0.3) is 0 Å². The number of carbonyl (C=O) groups is 2. The SMILES string of the molecule is NC(=O)c1ccc(NCCC(=O)N2CCOCC2)nc1. The number of hydrogen-bond acceptors (Lipinski definition) is 5. The molecule has 0 aliphatic carbocycles. The highest BCUT2D eigenvalue weighted by molar-refractivity contribution is 5.92. The van der Waals surface area contributed by atoms with E-state index < -0.39 is 5.91 Å². The molecule has 1 fully saturated rings. The Morgan fingerprint density at radius 1 is 1.35 bits per heavy atom. The third-order valence-corrected chi connectivity index (χ3v) is 3.06. The molecule has 0 bridgehead atoms. The van der Waals surface area contributed by atoms with Crippen LogP contribution in [0.2, 0.25) is 0 Å². The van der Waals surface area contributed by atoms with E-state index in [2.05, 4.69) is 10.3 Å². The molecule has 0 unspecified atom stereocenters. The molecule has 2 heterocycles. The summed E-state index contributed by atoms with van der Waals surface area (Å²) in [6.45, 7) is 3.03. The summed E-state index contributed by atoms with van der Waals surface area (Å²) in [5, 5.41) is 3.04. The summed E-state index contributed by atoms with van der Waals surface area (Å²) >= 11 is 0. The van der Waals surface area contributed by atoms with E-state index in [1.165, 1.54) is 6.20 Å². The molecule has 3 N–H and O–H groups in total. The third kappa shape index (κ3) is 3.92. The summed E-state index contributed by atoms with van der Waals surface area (Å²) in [4.78, 5) is 28.6. The Labute approximate surface area is 117 Å². The molecule has 2 amide bonds. The van der Waals surface area contributed by atoms with Crippen LogP contribution in [0.25, 0.3) is 0 Å². The van der Waals surface area contributed by atoms with Crippen LogP contribution < -0.4 is 11.1 Å². The zero-order chi connectivity index (χ0) is 14.4. The van der Waals surface area contributed by atoms with Gasteiger partial charge in [-0.2, -0.15) is 0 Å². The fourth-order valence-corrected chi connectivity index (χ4v) is 1.91. The lowest BCUT2D eigenvalue weighted by molar-refractivity contribution is -0.134.